The summed E-state index contributed by atoms with van der Waals surface area (Å²) in [4.78, 5) is 28.9. The summed E-state index contributed by atoms with van der Waals surface area (Å²) in [6.07, 6.45) is 2.10. The van der Waals surface area contributed by atoms with E-state index in [4.69, 9.17) is 9.79 Å². The van der Waals surface area contributed by atoms with Crippen molar-refractivity contribution in [2.75, 3.05) is 0 Å². The Kier molecular flexibility index (Phi) is 3.55. The molecular formula is C8H16NO5P. The Labute approximate surface area is 88.4 Å². The number of hydroxylamine groups is 2. The molecule has 0 unspecified atom stereocenters. The van der Waals surface area contributed by atoms with Crippen LogP contribution in [0.3, 0.4) is 0 Å². The molecule has 0 radical (unpaired) electrons. The third-order valence-electron chi connectivity index (χ3n) is 2.97. The molecule has 0 aromatic carbocycles. The summed E-state index contributed by atoms with van der Waals surface area (Å²) in [5, 5.41) is 0.883. The molecule has 0 bridgehead atoms. The summed E-state index contributed by atoms with van der Waals surface area (Å²) < 4.78 is 15.2. The Morgan fingerprint density at radius 3 is 2.40 bits per heavy atom. The summed E-state index contributed by atoms with van der Waals surface area (Å²) in [6, 6.07) is 0. The standard InChI is InChI=1S/C8H16NO5P/c1-3-8(4-2)6-5-7(10)9(8)14-15(11,12)13/h3-6H2,1-2H3,(H2,11,12,13). The first-order valence-corrected chi connectivity index (χ1v) is 6.46. The summed E-state index contributed by atoms with van der Waals surface area (Å²) in [6.45, 7) is 3.75. The largest absolute Gasteiger partial charge is 0.491 e. The summed E-state index contributed by atoms with van der Waals surface area (Å²) in [5.41, 5.74) is -0.557. The lowest BCUT2D eigenvalue weighted by Crippen LogP contribution is -2.44. The van der Waals surface area contributed by atoms with E-state index in [2.05, 4.69) is 4.62 Å². The molecule has 1 heterocycles. The monoisotopic (exact) mass is 237 g/mol. The zero-order chi connectivity index (χ0) is 11.7. The molecule has 0 aliphatic carbocycles. The Bertz CT molecular complexity index is 295. The smallest absolute Gasteiger partial charge is 0.301 e. The van der Waals surface area contributed by atoms with Crippen LogP contribution in [0.15, 0.2) is 0 Å². The van der Waals surface area contributed by atoms with Gasteiger partial charge in [-0.25, -0.2) is 9.63 Å². The first kappa shape index (κ1) is 12.6. The second kappa shape index (κ2) is 4.22. The fraction of sp³-hybridized carbons (Fsp3) is 0.875. The van der Waals surface area contributed by atoms with Gasteiger partial charge in [-0.15, -0.1) is 0 Å². The molecular weight excluding hydrogens is 221 g/mol. The first-order chi connectivity index (χ1) is 6.84. The van der Waals surface area contributed by atoms with Crippen molar-refractivity contribution in [2.45, 2.75) is 45.1 Å². The highest BCUT2D eigenvalue weighted by molar-refractivity contribution is 7.46. The van der Waals surface area contributed by atoms with Crippen LogP contribution in [0.25, 0.3) is 0 Å². The van der Waals surface area contributed by atoms with Crippen LogP contribution in [-0.2, 0) is 14.0 Å². The Hall–Kier alpha value is -0.420. The number of carbonyl (C=O) groups excluding carboxylic acids is 1. The molecule has 1 rings (SSSR count). The minimum Gasteiger partial charge on any atom is -0.301 e. The van der Waals surface area contributed by atoms with Crippen LogP contribution < -0.4 is 0 Å². The summed E-state index contributed by atoms with van der Waals surface area (Å²) in [7, 11) is -4.65. The highest BCUT2D eigenvalue weighted by Crippen LogP contribution is 2.45. The molecule has 0 atom stereocenters. The average molecular weight is 237 g/mol. The zero-order valence-electron chi connectivity index (χ0n) is 8.84. The third kappa shape index (κ3) is 2.58. The topological polar surface area (TPSA) is 87.1 Å². The number of nitrogens with zero attached hydrogens (tertiary/aromatic N) is 1. The summed E-state index contributed by atoms with van der Waals surface area (Å²) in [5.74, 6) is -0.359. The van der Waals surface area contributed by atoms with Gasteiger partial charge in [0.1, 0.15) is 0 Å². The van der Waals surface area contributed by atoms with Crippen LogP contribution in [-0.4, -0.2) is 26.3 Å². The van der Waals surface area contributed by atoms with Gasteiger partial charge in [0.05, 0.1) is 5.54 Å². The molecule has 88 valence electrons. The lowest BCUT2D eigenvalue weighted by Gasteiger charge is -2.35. The minimum atomic E-state index is -4.65. The number of hydrogen-bond acceptors (Lipinski definition) is 3. The van der Waals surface area contributed by atoms with E-state index in [0.717, 1.165) is 5.06 Å². The number of carbonyl (C=O) groups is 1. The zero-order valence-corrected chi connectivity index (χ0v) is 9.74. The fourth-order valence-electron chi connectivity index (χ4n) is 1.94. The molecule has 1 saturated heterocycles. The molecule has 0 spiro atoms. The predicted octanol–water partition coefficient (Wildman–Crippen LogP) is 1.19. The van der Waals surface area contributed by atoms with Gasteiger partial charge in [-0.3, -0.25) is 4.79 Å². The van der Waals surface area contributed by atoms with Crippen molar-refractivity contribution >= 4 is 13.7 Å². The van der Waals surface area contributed by atoms with Gasteiger partial charge in [0.15, 0.2) is 0 Å². The molecule has 1 aliphatic rings. The molecule has 15 heavy (non-hydrogen) atoms. The van der Waals surface area contributed by atoms with Gasteiger partial charge in [-0.05, 0) is 19.3 Å². The van der Waals surface area contributed by atoms with Crippen LogP contribution in [0.4, 0.5) is 0 Å². The van der Waals surface area contributed by atoms with Crippen molar-refractivity contribution in [1.82, 2.24) is 5.06 Å². The van der Waals surface area contributed by atoms with Gasteiger partial charge in [0.2, 0.25) is 5.91 Å². The quantitative estimate of drug-likeness (QED) is 0.717. The maximum absolute atomic E-state index is 11.4. The van der Waals surface area contributed by atoms with Crippen molar-refractivity contribution in [3.63, 3.8) is 0 Å². The molecule has 1 amide bonds. The number of amides is 1. The Morgan fingerprint density at radius 2 is 2.00 bits per heavy atom. The molecule has 1 fully saturated rings. The van der Waals surface area contributed by atoms with Crippen LogP contribution >= 0.6 is 7.82 Å². The van der Waals surface area contributed by atoms with E-state index < -0.39 is 13.4 Å². The highest BCUT2D eigenvalue weighted by Gasteiger charge is 2.46. The molecule has 2 N–H and O–H groups in total. The normalized spacial score (nSPS) is 21.1. The van der Waals surface area contributed by atoms with Crippen LogP contribution in [0.5, 0.6) is 0 Å². The molecule has 6 nitrogen and oxygen atoms in total. The lowest BCUT2D eigenvalue weighted by molar-refractivity contribution is -0.175. The lowest BCUT2D eigenvalue weighted by atomic mass is 9.91. The van der Waals surface area contributed by atoms with Gasteiger partial charge >= 0.3 is 7.82 Å². The SMILES string of the molecule is CCC1(CC)CCC(=O)N1OP(=O)(O)O. The molecule has 1 aliphatic heterocycles. The van der Waals surface area contributed by atoms with E-state index in [0.29, 0.717) is 19.3 Å². The second-order valence-corrected chi connectivity index (χ2v) is 4.84. The van der Waals surface area contributed by atoms with Crippen molar-refractivity contribution in [3.05, 3.63) is 0 Å². The average Bonchev–Trinajstić information content (AvgIpc) is 2.43. The molecule has 7 heteroatoms. The summed E-state index contributed by atoms with van der Waals surface area (Å²) >= 11 is 0. The fourth-order valence-corrected chi connectivity index (χ4v) is 2.41. The van der Waals surface area contributed by atoms with E-state index in [-0.39, 0.29) is 12.3 Å². The third-order valence-corrected chi connectivity index (χ3v) is 3.34. The first-order valence-electron chi connectivity index (χ1n) is 4.93. The van der Waals surface area contributed by atoms with Gasteiger partial charge in [0, 0.05) is 6.42 Å². The number of hydrogen-bond donors (Lipinski definition) is 2. The van der Waals surface area contributed by atoms with E-state index in [9.17, 15) is 9.36 Å². The van der Waals surface area contributed by atoms with E-state index in [1.165, 1.54) is 0 Å². The van der Waals surface area contributed by atoms with Crippen molar-refractivity contribution in [2.24, 2.45) is 0 Å². The van der Waals surface area contributed by atoms with Crippen LogP contribution in [0.2, 0.25) is 0 Å². The molecule has 0 saturated carbocycles. The maximum Gasteiger partial charge on any atom is 0.491 e. The molecule has 0 aromatic rings. The van der Waals surface area contributed by atoms with Gasteiger partial charge < -0.3 is 9.79 Å². The molecule has 0 aromatic heterocycles. The van der Waals surface area contributed by atoms with Crippen molar-refractivity contribution in [1.29, 1.82) is 0 Å². The second-order valence-electron chi connectivity index (χ2n) is 3.69. The predicted molar refractivity (Wildman–Crippen MR) is 52.5 cm³/mol. The minimum absolute atomic E-state index is 0.279. The highest BCUT2D eigenvalue weighted by atomic mass is 31.2. The van der Waals surface area contributed by atoms with E-state index >= 15 is 0 Å². The Balaban J connectivity index is 2.90. The van der Waals surface area contributed by atoms with E-state index in [1.807, 2.05) is 13.8 Å². The van der Waals surface area contributed by atoms with Crippen molar-refractivity contribution in [3.8, 4) is 0 Å². The Morgan fingerprint density at radius 1 is 1.47 bits per heavy atom. The van der Waals surface area contributed by atoms with Crippen LogP contribution in [0, 0.1) is 0 Å². The maximum atomic E-state index is 11.4. The van der Waals surface area contributed by atoms with Gasteiger partial charge in [0.25, 0.3) is 0 Å². The van der Waals surface area contributed by atoms with E-state index in [1.54, 1.807) is 0 Å². The number of rotatable bonds is 4. The number of phosphoric acid groups is 1. The van der Waals surface area contributed by atoms with Gasteiger partial charge in [-0.1, -0.05) is 13.8 Å². The van der Waals surface area contributed by atoms with Gasteiger partial charge in [-0.2, -0.15) is 4.62 Å². The van der Waals surface area contributed by atoms with Crippen LogP contribution in [0.1, 0.15) is 39.5 Å². The van der Waals surface area contributed by atoms with Crippen molar-refractivity contribution < 1.29 is 23.8 Å².